The molecule has 25 heavy (non-hydrogen) atoms. The number of halogens is 1. The highest BCUT2D eigenvalue weighted by Crippen LogP contribution is 2.17. The van der Waals surface area contributed by atoms with Crippen molar-refractivity contribution < 1.29 is 8.91 Å². The molecule has 0 aliphatic heterocycles. The van der Waals surface area contributed by atoms with Crippen LogP contribution in [0.4, 0.5) is 4.39 Å². The van der Waals surface area contributed by atoms with Crippen molar-refractivity contribution in [2.75, 3.05) is 19.3 Å². The number of hydrogen-bond donors (Lipinski definition) is 2. The first-order chi connectivity index (χ1) is 12.2. The van der Waals surface area contributed by atoms with Crippen LogP contribution in [0.5, 0.6) is 0 Å². The molecule has 0 saturated carbocycles. The number of rotatable bonds is 8. The second-order valence-electron chi connectivity index (χ2n) is 5.39. The topological polar surface area (TPSA) is 62.5 Å². The average Bonchev–Trinajstić information content (AvgIpc) is 3.04. The van der Waals surface area contributed by atoms with Crippen LogP contribution in [0.1, 0.15) is 30.9 Å². The van der Waals surface area contributed by atoms with Crippen LogP contribution in [0.2, 0.25) is 0 Å². The maximum absolute atomic E-state index is 12.9. The van der Waals surface area contributed by atoms with Crippen LogP contribution in [0.25, 0.3) is 0 Å². The number of aliphatic imine (C=N–C) groups is 1. The monoisotopic (exact) mass is 364 g/mol. The van der Waals surface area contributed by atoms with Gasteiger partial charge in [-0.1, -0.05) is 19.0 Å². The van der Waals surface area contributed by atoms with Crippen molar-refractivity contribution in [3.8, 4) is 0 Å². The number of thioether (sulfide) groups is 1. The molecular weight excluding hydrogens is 339 g/mol. The van der Waals surface area contributed by atoms with Gasteiger partial charge in [0.05, 0.1) is 5.69 Å². The van der Waals surface area contributed by atoms with Crippen molar-refractivity contribution in [1.82, 2.24) is 15.8 Å². The van der Waals surface area contributed by atoms with Gasteiger partial charge < -0.3 is 15.2 Å². The van der Waals surface area contributed by atoms with E-state index in [2.05, 4.69) is 34.6 Å². The summed E-state index contributed by atoms with van der Waals surface area (Å²) in [6.45, 7) is 5.52. The summed E-state index contributed by atoms with van der Waals surface area (Å²) in [5, 5.41) is 10.7. The number of benzene rings is 1. The number of aryl methyl sites for hydroxylation is 2. The molecule has 0 fully saturated rings. The summed E-state index contributed by atoms with van der Waals surface area (Å²) in [7, 11) is 1.75. The Hall–Kier alpha value is -2.02. The van der Waals surface area contributed by atoms with Gasteiger partial charge in [0.15, 0.2) is 5.96 Å². The van der Waals surface area contributed by atoms with Crippen molar-refractivity contribution in [3.63, 3.8) is 0 Å². The lowest BCUT2D eigenvalue weighted by atomic mass is 10.1. The van der Waals surface area contributed by atoms with Gasteiger partial charge in [-0.25, -0.2) is 4.39 Å². The van der Waals surface area contributed by atoms with Crippen molar-refractivity contribution in [2.24, 2.45) is 4.99 Å². The summed E-state index contributed by atoms with van der Waals surface area (Å²) >= 11 is 1.67. The summed E-state index contributed by atoms with van der Waals surface area (Å²) in [6.07, 6.45) is 1.67. The van der Waals surface area contributed by atoms with E-state index >= 15 is 0 Å². The summed E-state index contributed by atoms with van der Waals surface area (Å²) in [4.78, 5) is 5.29. The minimum atomic E-state index is -0.210. The van der Waals surface area contributed by atoms with Crippen LogP contribution in [0, 0.1) is 5.82 Å². The SMILES string of the molecule is CCc1noc(CC)c1CNC(=NC)NCCSc1ccc(F)cc1. The van der Waals surface area contributed by atoms with Crippen LogP contribution < -0.4 is 10.6 Å². The molecule has 0 saturated heterocycles. The van der Waals surface area contributed by atoms with E-state index in [1.54, 1.807) is 30.9 Å². The summed E-state index contributed by atoms with van der Waals surface area (Å²) in [6, 6.07) is 6.53. The minimum absolute atomic E-state index is 0.210. The lowest BCUT2D eigenvalue weighted by molar-refractivity contribution is 0.380. The van der Waals surface area contributed by atoms with Gasteiger partial charge in [0, 0.05) is 42.8 Å². The number of guanidine groups is 1. The Kier molecular flexibility index (Phi) is 7.78. The highest BCUT2D eigenvalue weighted by Gasteiger charge is 2.13. The molecule has 0 amide bonds. The summed E-state index contributed by atoms with van der Waals surface area (Å²) in [5.74, 6) is 2.32. The van der Waals surface area contributed by atoms with Gasteiger partial charge in [0.25, 0.3) is 0 Å². The quantitative estimate of drug-likeness (QED) is 0.325. The van der Waals surface area contributed by atoms with Crippen LogP contribution >= 0.6 is 11.8 Å². The van der Waals surface area contributed by atoms with Crippen LogP contribution in [0.15, 0.2) is 38.7 Å². The first kappa shape index (κ1) is 19.3. The normalized spacial score (nSPS) is 11.6. The molecule has 2 N–H and O–H groups in total. The summed E-state index contributed by atoms with van der Waals surface area (Å²) < 4.78 is 18.3. The van der Waals surface area contributed by atoms with Gasteiger partial charge in [-0.15, -0.1) is 11.8 Å². The standard InChI is InChI=1S/C18H25FN4OS/c1-4-16-15(17(5-2)24-23-16)12-22-18(20-3)21-10-11-25-14-8-6-13(19)7-9-14/h6-9H,4-5,10-12H2,1-3H3,(H2,20,21,22). The van der Waals surface area contributed by atoms with Gasteiger partial charge in [0.1, 0.15) is 11.6 Å². The van der Waals surface area contributed by atoms with Gasteiger partial charge in [-0.05, 0) is 30.7 Å². The Balaban J connectivity index is 1.77. The maximum Gasteiger partial charge on any atom is 0.191 e. The van der Waals surface area contributed by atoms with E-state index in [1.165, 1.54) is 12.1 Å². The van der Waals surface area contributed by atoms with Crippen molar-refractivity contribution in [2.45, 2.75) is 38.1 Å². The molecule has 0 radical (unpaired) electrons. The number of nitrogens with zero attached hydrogens (tertiary/aromatic N) is 2. The van der Waals surface area contributed by atoms with E-state index < -0.39 is 0 Å². The highest BCUT2D eigenvalue weighted by atomic mass is 32.2. The van der Waals surface area contributed by atoms with E-state index in [4.69, 9.17) is 4.52 Å². The van der Waals surface area contributed by atoms with Crippen LogP contribution in [0.3, 0.4) is 0 Å². The maximum atomic E-state index is 12.9. The third-order valence-electron chi connectivity index (χ3n) is 3.74. The third-order valence-corrected chi connectivity index (χ3v) is 4.75. The molecule has 136 valence electrons. The fourth-order valence-electron chi connectivity index (χ4n) is 2.40. The average molecular weight is 364 g/mol. The molecule has 0 spiro atoms. The number of nitrogens with one attached hydrogen (secondary N) is 2. The first-order valence-electron chi connectivity index (χ1n) is 8.47. The zero-order valence-electron chi connectivity index (χ0n) is 14.9. The van der Waals surface area contributed by atoms with E-state index in [9.17, 15) is 4.39 Å². The molecule has 1 aromatic carbocycles. The van der Waals surface area contributed by atoms with Gasteiger partial charge in [-0.3, -0.25) is 4.99 Å². The smallest absolute Gasteiger partial charge is 0.191 e. The van der Waals surface area contributed by atoms with Gasteiger partial charge in [0.2, 0.25) is 0 Å². The molecule has 0 unspecified atom stereocenters. The van der Waals surface area contributed by atoms with Crippen molar-refractivity contribution >= 4 is 17.7 Å². The van der Waals surface area contributed by atoms with E-state index in [-0.39, 0.29) is 5.82 Å². The molecule has 1 aromatic heterocycles. The molecule has 0 aliphatic rings. The summed E-state index contributed by atoms with van der Waals surface area (Å²) in [5.41, 5.74) is 2.11. The molecule has 0 bridgehead atoms. The molecule has 5 nitrogen and oxygen atoms in total. The molecule has 0 atom stereocenters. The van der Waals surface area contributed by atoms with Gasteiger partial charge >= 0.3 is 0 Å². The molecule has 0 aliphatic carbocycles. The number of aromatic nitrogens is 1. The Labute approximate surface area is 152 Å². The molecular formula is C18H25FN4OS. The lowest BCUT2D eigenvalue weighted by Gasteiger charge is -2.12. The van der Waals surface area contributed by atoms with Crippen LogP contribution in [-0.2, 0) is 19.4 Å². The molecule has 2 rings (SSSR count). The second-order valence-corrected chi connectivity index (χ2v) is 6.56. The molecule has 7 heteroatoms. The lowest BCUT2D eigenvalue weighted by Crippen LogP contribution is -2.38. The molecule has 2 aromatic rings. The van der Waals surface area contributed by atoms with Crippen LogP contribution in [-0.4, -0.2) is 30.5 Å². The minimum Gasteiger partial charge on any atom is -0.361 e. The Morgan fingerprint density at radius 1 is 1.20 bits per heavy atom. The number of hydrogen-bond acceptors (Lipinski definition) is 4. The van der Waals surface area contributed by atoms with Gasteiger partial charge in [-0.2, -0.15) is 0 Å². The Morgan fingerprint density at radius 3 is 2.60 bits per heavy atom. The third kappa shape index (κ3) is 5.77. The zero-order valence-corrected chi connectivity index (χ0v) is 15.8. The van der Waals surface area contributed by atoms with Crippen molar-refractivity contribution in [3.05, 3.63) is 47.1 Å². The predicted octanol–water partition coefficient (Wildman–Crippen LogP) is 3.40. The highest BCUT2D eigenvalue weighted by molar-refractivity contribution is 7.99. The zero-order chi connectivity index (χ0) is 18.1. The van der Waals surface area contributed by atoms with Crippen molar-refractivity contribution in [1.29, 1.82) is 0 Å². The fraction of sp³-hybridized carbons (Fsp3) is 0.444. The Morgan fingerprint density at radius 2 is 1.96 bits per heavy atom. The predicted molar refractivity (Wildman–Crippen MR) is 101 cm³/mol. The first-order valence-corrected chi connectivity index (χ1v) is 9.45. The van der Waals surface area contributed by atoms with E-state index in [0.29, 0.717) is 6.54 Å². The molecule has 1 heterocycles. The Bertz CT molecular complexity index is 663. The largest absolute Gasteiger partial charge is 0.361 e. The fourth-order valence-corrected chi connectivity index (χ4v) is 3.17. The van der Waals surface area contributed by atoms with E-state index in [0.717, 1.165) is 53.0 Å². The van der Waals surface area contributed by atoms with E-state index in [1.807, 2.05) is 0 Å². The second kappa shape index (κ2) is 10.1.